The summed E-state index contributed by atoms with van der Waals surface area (Å²) in [5.41, 5.74) is 2.08. The zero-order valence-electron chi connectivity index (χ0n) is 15.6. The van der Waals surface area contributed by atoms with E-state index in [4.69, 9.17) is 0 Å². The standard InChI is InChI=1S/C22H20FN3O2S/c23-19-3-1-2-4-20(19)29-14-11-21(27)26-18-7-5-17(6-8-18)22(28)25-15-16-9-12-24-13-10-16/h1-10,12-13H,11,14-15H2,(H,25,28)(H,26,27). The van der Waals surface area contributed by atoms with Crippen LogP contribution >= 0.6 is 11.8 Å². The highest BCUT2D eigenvalue weighted by molar-refractivity contribution is 7.99. The third kappa shape index (κ3) is 6.43. The zero-order chi connectivity index (χ0) is 20.5. The fourth-order valence-electron chi connectivity index (χ4n) is 2.53. The number of nitrogens with zero attached hydrogens (tertiary/aromatic N) is 1. The highest BCUT2D eigenvalue weighted by atomic mass is 32.2. The van der Waals surface area contributed by atoms with E-state index in [1.165, 1.54) is 17.8 Å². The lowest BCUT2D eigenvalue weighted by atomic mass is 10.2. The van der Waals surface area contributed by atoms with Crippen molar-refractivity contribution in [2.24, 2.45) is 0 Å². The van der Waals surface area contributed by atoms with Crippen LogP contribution in [0.4, 0.5) is 10.1 Å². The molecular formula is C22H20FN3O2S. The van der Waals surface area contributed by atoms with Gasteiger partial charge >= 0.3 is 0 Å². The maximum Gasteiger partial charge on any atom is 0.251 e. The minimum Gasteiger partial charge on any atom is -0.348 e. The van der Waals surface area contributed by atoms with Gasteiger partial charge in [0, 0.05) is 47.3 Å². The van der Waals surface area contributed by atoms with Gasteiger partial charge in [-0.15, -0.1) is 11.8 Å². The Bertz CT molecular complexity index is 965. The second-order valence-corrected chi connectivity index (χ2v) is 7.33. The Labute approximate surface area is 172 Å². The molecule has 7 heteroatoms. The van der Waals surface area contributed by atoms with Crippen molar-refractivity contribution in [2.45, 2.75) is 17.9 Å². The van der Waals surface area contributed by atoms with Crippen molar-refractivity contribution in [1.82, 2.24) is 10.3 Å². The molecule has 0 radical (unpaired) electrons. The summed E-state index contributed by atoms with van der Waals surface area (Å²) >= 11 is 1.30. The Morgan fingerprint density at radius 3 is 2.41 bits per heavy atom. The number of halogens is 1. The van der Waals surface area contributed by atoms with Crippen LogP contribution < -0.4 is 10.6 Å². The maximum atomic E-state index is 13.6. The van der Waals surface area contributed by atoms with Crippen molar-refractivity contribution < 1.29 is 14.0 Å². The average molecular weight is 409 g/mol. The highest BCUT2D eigenvalue weighted by Crippen LogP contribution is 2.22. The summed E-state index contributed by atoms with van der Waals surface area (Å²) in [5, 5.41) is 5.62. The number of nitrogens with one attached hydrogen (secondary N) is 2. The van der Waals surface area contributed by atoms with Crippen LogP contribution in [-0.2, 0) is 11.3 Å². The van der Waals surface area contributed by atoms with E-state index in [2.05, 4.69) is 15.6 Å². The lowest BCUT2D eigenvalue weighted by Gasteiger charge is -2.08. The minimum atomic E-state index is -0.282. The van der Waals surface area contributed by atoms with Gasteiger partial charge in [0.1, 0.15) is 5.82 Å². The molecule has 0 saturated carbocycles. The molecule has 2 N–H and O–H groups in total. The summed E-state index contributed by atoms with van der Waals surface area (Å²) in [4.78, 5) is 28.7. The Balaban J connectivity index is 1.44. The molecule has 0 aliphatic rings. The van der Waals surface area contributed by atoms with Crippen LogP contribution in [-0.4, -0.2) is 22.6 Å². The van der Waals surface area contributed by atoms with E-state index in [9.17, 15) is 14.0 Å². The summed E-state index contributed by atoms with van der Waals surface area (Å²) in [7, 11) is 0. The first kappa shape index (κ1) is 20.5. The van der Waals surface area contributed by atoms with Gasteiger partial charge in [-0.1, -0.05) is 12.1 Å². The van der Waals surface area contributed by atoms with Crippen molar-refractivity contribution in [3.8, 4) is 0 Å². The van der Waals surface area contributed by atoms with Gasteiger partial charge in [-0.25, -0.2) is 4.39 Å². The molecule has 3 rings (SSSR count). The lowest BCUT2D eigenvalue weighted by molar-refractivity contribution is -0.115. The third-order valence-corrected chi connectivity index (χ3v) is 5.11. The molecule has 29 heavy (non-hydrogen) atoms. The second-order valence-electron chi connectivity index (χ2n) is 6.19. The summed E-state index contributed by atoms with van der Waals surface area (Å²) in [5.74, 6) is -0.164. The first-order valence-electron chi connectivity index (χ1n) is 9.06. The average Bonchev–Trinajstić information content (AvgIpc) is 2.75. The van der Waals surface area contributed by atoms with Gasteiger partial charge in [0.15, 0.2) is 0 Å². The normalized spacial score (nSPS) is 10.4. The summed E-state index contributed by atoms with van der Waals surface area (Å²) in [6, 6.07) is 16.8. The predicted molar refractivity (Wildman–Crippen MR) is 112 cm³/mol. The second kappa shape index (κ2) is 10.4. The van der Waals surface area contributed by atoms with Crippen molar-refractivity contribution in [3.63, 3.8) is 0 Å². The van der Waals surface area contributed by atoms with E-state index in [1.807, 2.05) is 12.1 Å². The Hall–Kier alpha value is -3.19. The summed E-state index contributed by atoms with van der Waals surface area (Å²) < 4.78 is 13.6. The van der Waals surface area contributed by atoms with Crippen LogP contribution in [0.5, 0.6) is 0 Å². The number of rotatable bonds is 8. The molecule has 0 atom stereocenters. The van der Waals surface area contributed by atoms with E-state index in [0.29, 0.717) is 28.4 Å². The van der Waals surface area contributed by atoms with Crippen molar-refractivity contribution in [3.05, 3.63) is 90.0 Å². The molecule has 0 bridgehead atoms. The van der Waals surface area contributed by atoms with Gasteiger partial charge in [-0.2, -0.15) is 0 Å². The van der Waals surface area contributed by atoms with Crippen LogP contribution in [0.15, 0.2) is 78.0 Å². The Morgan fingerprint density at radius 2 is 1.69 bits per heavy atom. The highest BCUT2D eigenvalue weighted by Gasteiger charge is 2.08. The van der Waals surface area contributed by atoms with Gasteiger partial charge in [0.05, 0.1) is 0 Å². The van der Waals surface area contributed by atoms with Crippen LogP contribution in [0.25, 0.3) is 0 Å². The van der Waals surface area contributed by atoms with E-state index in [-0.39, 0.29) is 24.1 Å². The van der Waals surface area contributed by atoms with Crippen LogP contribution in [0.3, 0.4) is 0 Å². The maximum absolute atomic E-state index is 13.6. The number of amides is 2. The van der Waals surface area contributed by atoms with E-state index >= 15 is 0 Å². The molecule has 2 aromatic carbocycles. The van der Waals surface area contributed by atoms with E-state index < -0.39 is 0 Å². The summed E-state index contributed by atoms with van der Waals surface area (Å²) in [6.45, 7) is 0.416. The molecule has 1 aromatic heterocycles. The first-order valence-corrected chi connectivity index (χ1v) is 10.0. The van der Waals surface area contributed by atoms with Crippen LogP contribution in [0, 0.1) is 5.82 Å². The van der Waals surface area contributed by atoms with Crippen molar-refractivity contribution in [2.75, 3.05) is 11.1 Å². The Morgan fingerprint density at radius 1 is 0.966 bits per heavy atom. The largest absolute Gasteiger partial charge is 0.348 e. The first-order chi connectivity index (χ1) is 14.1. The molecule has 1 heterocycles. The number of carbonyl (C=O) groups is 2. The number of pyridine rings is 1. The van der Waals surface area contributed by atoms with Crippen LogP contribution in [0.1, 0.15) is 22.3 Å². The minimum absolute atomic E-state index is 0.163. The van der Waals surface area contributed by atoms with Gasteiger partial charge in [0.2, 0.25) is 5.91 Å². The number of hydrogen-bond donors (Lipinski definition) is 2. The monoisotopic (exact) mass is 409 g/mol. The molecule has 148 valence electrons. The number of aromatic nitrogens is 1. The van der Waals surface area contributed by atoms with Gasteiger partial charge in [-0.05, 0) is 54.1 Å². The third-order valence-electron chi connectivity index (χ3n) is 4.06. The number of carbonyl (C=O) groups excluding carboxylic acids is 2. The van der Waals surface area contributed by atoms with E-state index in [0.717, 1.165) is 5.56 Å². The molecule has 0 fully saturated rings. The van der Waals surface area contributed by atoms with Crippen LogP contribution in [0.2, 0.25) is 0 Å². The molecule has 5 nitrogen and oxygen atoms in total. The number of hydrogen-bond acceptors (Lipinski definition) is 4. The number of thioether (sulfide) groups is 1. The molecule has 0 aliphatic heterocycles. The fourth-order valence-corrected chi connectivity index (χ4v) is 3.42. The lowest BCUT2D eigenvalue weighted by Crippen LogP contribution is -2.22. The Kier molecular flexibility index (Phi) is 7.35. The SMILES string of the molecule is O=C(CCSc1ccccc1F)Nc1ccc(C(=O)NCc2ccncc2)cc1. The number of benzene rings is 2. The summed E-state index contributed by atoms with van der Waals surface area (Å²) in [6.07, 6.45) is 3.61. The molecule has 3 aromatic rings. The molecule has 0 spiro atoms. The molecule has 0 unspecified atom stereocenters. The van der Waals surface area contributed by atoms with Gasteiger partial charge < -0.3 is 10.6 Å². The van der Waals surface area contributed by atoms with E-state index in [1.54, 1.807) is 54.9 Å². The van der Waals surface area contributed by atoms with Crippen molar-refractivity contribution in [1.29, 1.82) is 0 Å². The predicted octanol–water partition coefficient (Wildman–Crippen LogP) is 4.27. The molecule has 0 saturated heterocycles. The van der Waals surface area contributed by atoms with Crippen molar-refractivity contribution >= 4 is 29.3 Å². The number of anilines is 1. The molecule has 2 amide bonds. The fraction of sp³-hybridized carbons (Fsp3) is 0.136. The molecule has 0 aliphatic carbocycles. The molecular weight excluding hydrogens is 389 g/mol. The quantitative estimate of drug-likeness (QED) is 0.545. The zero-order valence-corrected chi connectivity index (χ0v) is 16.4. The smallest absolute Gasteiger partial charge is 0.251 e. The van der Waals surface area contributed by atoms with Gasteiger partial charge in [0.25, 0.3) is 5.91 Å². The topological polar surface area (TPSA) is 71.1 Å². The van der Waals surface area contributed by atoms with Gasteiger partial charge in [-0.3, -0.25) is 14.6 Å².